The van der Waals surface area contributed by atoms with Gasteiger partial charge in [-0.3, -0.25) is 9.59 Å². The molecule has 444 valence electrons. The largest absolute Gasteiger partial charge is 1.00 e. The summed E-state index contributed by atoms with van der Waals surface area (Å²) in [6, 6.07) is 38.8. The number of aliphatic hydroxyl groups excluding tert-OH is 3. The van der Waals surface area contributed by atoms with Crippen molar-refractivity contribution in [2.75, 3.05) is 14.2 Å². The molecular formula is C70H95Cl2NaO9. The van der Waals surface area contributed by atoms with Crippen LogP contribution in [0.1, 0.15) is 175 Å². The Balaban J connectivity index is 0.000000769. The van der Waals surface area contributed by atoms with Crippen LogP contribution in [0.15, 0.2) is 109 Å². The Kier molecular flexibility index (Phi) is 30.8. The van der Waals surface area contributed by atoms with Gasteiger partial charge in [0.05, 0.1) is 32.2 Å². The van der Waals surface area contributed by atoms with E-state index in [2.05, 4.69) is 170 Å². The number of benzene rings is 6. The molecule has 7 N–H and O–H groups in total. The van der Waals surface area contributed by atoms with Crippen molar-refractivity contribution in [2.24, 2.45) is 10.8 Å². The summed E-state index contributed by atoms with van der Waals surface area (Å²) >= 11 is 12.9. The molecular weight excluding hydrogens is 1080 g/mol. The zero-order valence-electron chi connectivity index (χ0n) is 52.3. The molecule has 0 aromatic heterocycles. The number of aliphatic hydroxyl groups is 3. The van der Waals surface area contributed by atoms with Gasteiger partial charge < -0.3 is 36.1 Å². The molecule has 0 heterocycles. The zero-order chi connectivity index (χ0) is 59.2. The van der Waals surface area contributed by atoms with E-state index in [0.717, 1.165) is 86.3 Å². The molecule has 6 aromatic carbocycles. The molecule has 2 unspecified atom stereocenters. The van der Waals surface area contributed by atoms with Crippen molar-refractivity contribution in [3.05, 3.63) is 186 Å². The van der Waals surface area contributed by atoms with Gasteiger partial charge in [-0.2, -0.15) is 0 Å². The maximum absolute atomic E-state index is 11.7. The van der Waals surface area contributed by atoms with Crippen molar-refractivity contribution in [2.45, 2.75) is 184 Å². The van der Waals surface area contributed by atoms with Gasteiger partial charge in [-0.1, -0.05) is 190 Å². The Bertz CT molecular complexity index is 3000. The average Bonchev–Trinajstić information content (AvgIpc) is 3.41. The molecule has 0 saturated carbocycles. The summed E-state index contributed by atoms with van der Waals surface area (Å²) in [7, 11) is 2.39. The molecule has 6 aromatic rings. The Morgan fingerprint density at radius 1 is 0.500 bits per heavy atom. The fraction of sp³-hybridized carbons (Fsp3) is 0.457. The van der Waals surface area contributed by atoms with Crippen molar-refractivity contribution < 1.29 is 75.3 Å². The second-order valence-corrected chi connectivity index (χ2v) is 24.5. The summed E-state index contributed by atoms with van der Waals surface area (Å²) in [5, 5.41) is 38.2. The van der Waals surface area contributed by atoms with E-state index in [1.54, 1.807) is 0 Å². The molecule has 0 radical (unpaired) electrons. The van der Waals surface area contributed by atoms with Gasteiger partial charge in [0.25, 0.3) is 0 Å². The summed E-state index contributed by atoms with van der Waals surface area (Å²) in [4.78, 5) is 22.8. The number of aliphatic carboxylic acids is 1. The molecule has 0 aliphatic rings. The third kappa shape index (κ3) is 18.8. The van der Waals surface area contributed by atoms with E-state index in [0.29, 0.717) is 15.6 Å². The second-order valence-electron chi connectivity index (χ2n) is 23.7. The quantitative estimate of drug-likeness (QED) is 0.0430. The van der Waals surface area contributed by atoms with Crippen LogP contribution in [0.4, 0.5) is 0 Å². The summed E-state index contributed by atoms with van der Waals surface area (Å²) in [6.07, 6.45) is 6.69. The number of esters is 1. The molecule has 0 saturated heterocycles. The SMILES string of the molecule is CCC(CC)(c1ccc(CCC(O)C(C)(C)C)c(C)c1)c1ccc(-c2ccc(CC(=O)O)c(Cl)c2)c(C)c1.CCC(CC)(c1ccc(CCC(O)C(C)(C)C)c(C)c1)c1ccc(-c2ccc(CC(=O)OC)c(Cl)c2)c(C)c1.CO.O.[Na+].[OH-]. The van der Waals surface area contributed by atoms with E-state index in [4.69, 9.17) is 38.2 Å². The number of hydrogen-bond acceptors (Lipinski definition) is 7. The van der Waals surface area contributed by atoms with Gasteiger partial charge in [-0.25, -0.2) is 0 Å². The monoisotopic (exact) mass is 1170 g/mol. The number of methoxy groups -OCH3 is 1. The third-order valence-corrected chi connectivity index (χ3v) is 17.5. The number of carbonyl (C=O) groups is 2. The number of aryl methyl sites for hydroxylation is 6. The molecule has 12 heteroatoms. The smallest absolute Gasteiger partial charge is 0.870 e. The van der Waals surface area contributed by atoms with Gasteiger partial charge in [-0.15, -0.1) is 0 Å². The number of hydrogen-bond donors (Lipinski definition) is 4. The fourth-order valence-electron chi connectivity index (χ4n) is 11.1. The number of halogens is 2. The van der Waals surface area contributed by atoms with Crippen molar-refractivity contribution >= 4 is 35.1 Å². The Labute approximate surface area is 524 Å². The van der Waals surface area contributed by atoms with Crippen LogP contribution >= 0.6 is 23.2 Å². The van der Waals surface area contributed by atoms with E-state index < -0.39 is 5.97 Å². The second kappa shape index (κ2) is 33.4. The van der Waals surface area contributed by atoms with Gasteiger partial charge in [0.15, 0.2) is 0 Å². The summed E-state index contributed by atoms with van der Waals surface area (Å²) < 4.78 is 4.79. The van der Waals surface area contributed by atoms with Gasteiger partial charge in [-0.05, 0) is 191 Å². The minimum absolute atomic E-state index is 0. The van der Waals surface area contributed by atoms with Crippen LogP contribution in [-0.2, 0) is 50.8 Å². The molecule has 0 amide bonds. The molecule has 0 aliphatic heterocycles. The summed E-state index contributed by atoms with van der Waals surface area (Å²) in [5.41, 5.74) is 18.1. The van der Waals surface area contributed by atoms with Crippen molar-refractivity contribution in [1.29, 1.82) is 0 Å². The molecule has 82 heavy (non-hydrogen) atoms. The number of carboxylic acid groups (broad SMARTS) is 1. The first-order chi connectivity index (χ1) is 37.2. The van der Waals surface area contributed by atoms with E-state index in [1.807, 2.05) is 36.4 Å². The van der Waals surface area contributed by atoms with Gasteiger partial charge in [0, 0.05) is 28.0 Å². The number of carboxylic acids is 1. The first-order valence-corrected chi connectivity index (χ1v) is 29.0. The van der Waals surface area contributed by atoms with E-state index in [9.17, 15) is 19.8 Å². The average molecular weight is 1170 g/mol. The van der Waals surface area contributed by atoms with E-state index >= 15 is 0 Å². The minimum atomic E-state index is -0.888. The predicted octanol–water partition coefficient (Wildman–Crippen LogP) is 13.1. The first-order valence-electron chi connectivity index (χ1n) is 28.3. The normalized spacial score (nSPS) is 12.2. The molecule has 0 bridgehead atoms. The topological polar surface area (TPSA) is 186 Å². The standard InChI is InChI=1S/C35H45ClO3.C34H43ClO3.CH4O.Na.2H2O/c1-9-35(10-2,28-15-13-25(23(3)19-28)14-18-32(37)34(5,6)7)29-16-17-30(24(4)20-29)26-11-12-27(31(36)21-26)22-33(38)39-8;1-8-34(9-2,27-14-12-24(22(3)18-27)13-17-31(36)33(5,6)7)28-15-16-29(23(4)19-28)25-10-11-26(21-32(37)38)30(35)20-25;1-2;;;/h11-13,15-17,19-21,32,37H,9-10,14,18,22H2,1-8H3;10-12,14-16,18-20,31,36H,8-9,13,17,21H2,1-7H3,(H,37,38);2H,1H3;;2*1H2/q;;;+1;;/p-1. The van der Waals surface area contributed by atoms with Gasteiger partial charge >= 0.3 is 41.5 Å². The fourth-order valence-corrected chi connectivity index (χ4v) is 11.6. The Morgan fingerprint density at radius 3 is 1.07 bits per heavy atom. The molecule has 6 rings (SSSR count). The van der Waals surface area contributed by atoms with Crippen molar-refractivity contribution in [3.8, 4) is 22.3 Å². The van der Waals surface area contributed by atoms with Crippen LogP contribution in [-0.4, -0.2) is 69.7 Å². The van der Waals surface area contributed by atoms with Crippen LogP contribution in [0.25, 0.3) is 22.3 Å². The van der Waals surface area contributed by atoms with Crippen LogP contribution < -0.4 is 29.6 Å². The molecule has 2 atom stereocenters. The molecule has 0 fully saturated rings. The Hall–Kier alpha value is -4.36. The van der Waals surface area contributed by atoms with Crippen molar-refractivity contribution in [3.63, 3.8) is 0 Å². The van der Waals surface area contributed by atoms with Crippen molar-refractivity contribution in [1.82, 2.24) is 0 Å². The van der Waals surface area contributed by atoms with E-state index in [-0.39, 0.29) is 93.2 Å². The molecule has 0 spiro atoms. The number of rotatable bonds is 20. The van der Waals surface area contributed by atoms with Gasteiger partial charge in [0.2, 0.25) is 0 Å². The zero-order valence-corrected chi connectivity index (χ0v) is 55.8. The molecule has 9 nitrogen and oxygen atoms in total. The Morgan fingerprint density at radius 2 is 0.805 bits per heavy atom. The maximum atomic E-state index is 11.7. The van der Waals surface area contributed by atoms with E-state index in [1.165, 1.54) is 62.7 Å². The van der Waals surface area contributed by atoms with Crippen LogP contribution in [0.3, 0.4) is 0 Å². The van der Waals surface area contributed by atoms with Crippen LogP contribution in [0.2, 0.25) is 10.0 Å². The molecule has 0 aliphatic carbocycles. The third-order valence-electron chi connectivity index (χ3n) is 16.8. The van der Waals surface area contributed by atoms with Gasteiger partial charge in [0.1, 0.15) is 0 Å². The first kappa shape index (κ1) is 75.7. The number of carbonyl (C=O) groups excluding carboxylic acids is 1. The number of ether oxygens (including phenoxy) is 1. The summed E-state index contributed by atoms with van der Waals surface area (Å²) in [6.45, 7) is 30.3. The predicted molar refractivity (Wildman–Crippen MR) is 337 cm³/mol. The van der Waals surface area contributed by atoms with Crippen LogP contribution in [0, 0.1) is 38.5 Å². The summed E-state index contributed by atoms with van der Waals surface area (Å²) in [5.74, 6) is -1.19. The maximum Gasteiger partial charge on any atom is 1.00 e. The minimum Gasteiger partial charge on any atom is -0.870 e. The van der Waals surface area contributed by atoms with Crippen LogP contribution in [0.5, 0.6) is 0 Å².